The molecule has 1 unspecified atom stereocenters. The number of hydrogen-bond donors (Lipinski definition) is 1. The fourth-order valence-corrected chi connectivity index (χ4v) is 4.66. The molecule has 1 atom stereocenters. The predicted molar refractivity (Wildman–Crippen MR) is 114 cm³/mol. The van der Waals surface area contributed by atoms with Gasteiger partial charge in [0.15, 0.2) is 4.96 Å². The lowest BCUT2D eigenvalue weighted by atomic mass is 10.1. The molecule has 8 nitrogen and oxygen atoms in total. The van der Waals surface area contributed by atoms with Gasteiger partial charge in [0.25, 0.3) is 0 Å². The number of carbonyl (C=O) groups excluding carboxylic acids is 1. The van der Waals surface area contributed by atoms with E-state index < -0.39 is 0 Å². The standard InChI is InChI=1S/C21H21FN6O2S/c22-15-3-1-14(2-4-15)12-28-21(30)27-8-7-16(5-6-18(27)25-28)23-19(29)11-17-13-26-9-10-31-20(26)24-17/h1-4,9-10,13,16H,5-8,11-12H2,(H,23,29). The molecule has 31 heavy (non-hydrogen) atoms. The first-order valence-electron chi connectivity index (χ1n) is 10.2. The van der Waals surface area contributed by atoms with Crippen LogP contribution in [0.5, 0.6) is 0 Å². The van der Waals surface area contributed by atoms with E-state index in [2.05, 4.69) is 15.4 Å². The average molecular weight is 441 g/mol. The Morgan fingerprint density at radius 2 is 2.10 bits per heavy atom. The van der Waals surface area contributed by atoms with Gasteiger partial charge in [-0.2, -0.15) is 5.10 Å². The number of halogens is 1. The molecule has 0 aliphatic carbocycles. The first-order valence-corrected chi connectivity index (χ1v) is 11.0. The molecule has 1 aromatic carbocycles. The Bertz CT molecular complexity index is 1260. The fourth-order valence-electron chi connectivity index (χ4n) is 3.94. The second-order valence-electron chi connectivity index (χ2n) is 7.73. The van der Waals surface area contributed by atoms with Crippen LogP contribution in [0.4, 0.5) is 4.39 Å². The zero-order valence-electron chi connectivity index (χ0n) is 16.7. The summed E-state index contributed by atoms with van der Waals surface area (Å²) < 4.78 is 18.1. The van der Waals surface area contributed by atoms with E-state index in [-0.39, 0.29) is 29.9 Å². The van der Waals surface area contributed by atoms with Crippen LogP contribution >= 0.6 is 11.3 Å². The maximum Gasteiger partial charge on any atom is 0.346 e. The van der Waals surface area contributed by atoms with Gasteiger partial charge in [-0.05, 0) is 30.5 Å². The molecule has 0 saturated carbocycles. The summed E-state index contributed by atoms with van der Waals surface area (Å²) in [6.07, 6.45) is 6.02. The van der Waals surface area contributed by atoms with Crippen LogP contribution in [-0.4, -0.2) is 35.7 Å². The molecule has 10 heteroatoms. The van der Waals surface area contributed by atoms with E-state index in [1.54, 1.807) is 16.7 Å². The molecule has 0 spiro atoms. The van der Waals surface area contributed by atoms with Crippen molar-refractivity contribution in [2.45, 2.75) is 44.8 Å². The molecule has 0 bridgehead atoms. The molecule has 1 N–H and O–H groups in total. The van der Waals surface area contributed by atoms with Crippen LogP contribution in [0.25, 0.3) is 4.96 Å². The van der Waals surface area contributed by atoms with Crippen LogP contribution in [0.1, 0.15) is 29.9 Å². The minimum absolute atomic E-state index is 0.0112. The third kappa shape index (κ3) is 4.15. The minimum Gasteiger partial charge on any atom is -0.353 e. The van der Waals surface area contributed by atoms with Crippen molar-refractivity contribution >= 4 is 22.2 Å². The van der Waals surface area contributed by atoms with Crippen molar-refractivity contribution in [2.75, 3.05) is 0 Å². The third-order valence-corrected chi connectivity index (χ3v) is 6.28. The zero-order chi connectivity index (χ0) is 21.4. The molecule has 1 aliphatic rings. The molecule has 1 amide bonds. The normalized spacial score (nSPS) is 16.2. The highest BCUT2D eigenvalue weighted by atomic mass is 32.1. The Hall–Kier alpha value is -3.27. The van der Waals surface area contributed by atoms with Gasteiger partial charge in [-0.25, -0.2) is 18.9 Å². The Labute approximate surface area is 181 Å². The summed E-state index contributed by atoms with van der Waals surface area (Å²) in [7, 11) is 0. The zero-order valence-corrected chi connectivity index (χ0v) is 17.5. The number of rotatable bonds is 5. The molecule has 5 rings (SSSR count). The largest absolute Gasteiger partial charge is 0.353 e. The summed E-state index contributed by atoms with van der Waals surface area (Å²) >= 11 is 1.53. The number of amides is 1. The lowest BCUT2D eigenvalue weighted by molar-refractivity contribution is -0.121. The number of aryl methyl sites for hydroxylation is 1. The van der Waals surface area contributed by atoms with Gasteiger partial charge in [-0.1, -0.05) is 12.1 Å². The van der Waals surface area contributed by atoms with Crippen LogP contribution in [0.3, 0.4) is 0 Å². The number of thiazole rings is 1. The molecule has 4 aromatic rings. The van der Waals surface area contributed by atoms with Gasteiger partial charge in [0.05, 0.1) is 18.7 Å². The maximum atomic E-state index is 13.1. The Balaban J connectivity index is 1.20. The van der Waals surface area contributed by atoms with Gasteiger partial charge in [0.2, 0.25) is 5.91 Å². The Morgan fingerprint density at radius 3 is 2.90 bits per heavy atom. The molecule has 4 heterocycles. The molecular formula is C21H21FN6O2S. The molecule has 0 radical (unpaired) electrons. The molecule has 0 saturated heterocycles. The number of carbonyl (C=O) groups is 1. The van der Waals surface area contributed by atoms with Crippen molar-refractivity contribution in [3.05, 3.63) is 75.4 Å². The van der Waals surface area contributed by atoms with Crippen LogP contribution < -0.4 is 11.0 Å². The fraction of sp³-hybridized carbons (Fsp3) is 0.333. The van der Waals surface area contributed by atoms with E-state index in [0.717, 1.165) is 28.5 Å². The van der Waals surface area contributed by atoms with Crippen LogP contribution in [-0.2, 0) is 30.7 Å². The number of nitrogens with one attached hydrogen (secondary N) is 1. The summed E-state index contributed by atoms with van der Waals surface area (Å²) in [5, 5.41) is 9.51. The molecule has 1 aliphatic heterocycles. The van der Waals surface area contributed by atoms with E-state index in [9.17, 15) is 14.0 Å². The molecular weight excluding hydrogens is 419 g/mol. The van der Waals surface area contributed by atoms with Crippen LogP contribution in [0.2, 0.25) is 0 Å². The summed E-state index contributed by atoms with van der Waals surface area (Å²) in [4.78, 5) is 30.6. The Kier molecular flexibility index (Phi) is 5.14. The minimum atomic E-state index is -0.308. The van der Waals surface area contributed by atoms with Gasteiger partial charge in [-0.15, -0.1) is 11.3 Å². The molecule has 3 aromatic heterocycles. The van der Waals surface area contributed by atoms with E-state index in [1.165, 1.54) is 28.2 Å². The second kappa shape index (κ2) is 8.10. The predicted octanol–water partition coefficient (Wildman–Crippen LogP) is 2.01. The highest BCUT2D eigenvalue weighted by Gasteiger charge is 2.22. The van der Waals surface area contributed by atoms with Crippen molar-refractivity contribution in [3.63, 3.8) is 0 Å². The summed E-state index contributed by atoms with van der Waals surface area (Å²) in [6.45, 7) is 0.810. The summed E-state index contributed by atoms with van der Waals surface area (Å²) in [5.41, 5.74) is 1.39. The number of imidazole rings is 1. The summed E-state index contributed by atoms with van der Waals surface area (Å²) in [5.74, 6) is 0.347. The first-order chi connectivity index (χ1) is 15.0. The molecule has 160 valence electrons. The number of fused-ring (bicyclic) bond motifs is 2. The number of aromatic nitrogens is 5. The van der Waals surface area contributed by atoms with E-state index in [1.807, 2.05) is 22.2 Å². The lowest BCUT2D eigenvalue weighted by Crippen LogP contribution is -2.36. The van der Waals surface area contributed by atoms with Gasteiger partial charge in [-0.3, -0.25) is 13.8 Å². The van der Waals surface area contributed by atoms with E-state index in [4.69, 9.17) is 0 Å². The quantitative estimate of drug-likeness (QED) is 0.514. The van der Waals surface area contributed by atoms with Crippen molar-refractivity contribution in [2.24, 2.45) is 0 Å². The van der Waals surface area contributed by atoms with Gasteiger partial charge in [0.1, 0.15) is 11.6 Å². The number of benzene rings is 1. The smallest absolute Gasteiger partial charge is 0.346 e. The number of nitrogens with zero attached hydrogens (tertiary/aromatic N) is 5. The van der Waals surface area contributed by atoms with Crippen LogP contribution in [0.15, 0.2) is 46.8 Å². The highest BCUT2D eigenvalue weighted by Crippen LogP contribution is 2.14. The molecule has 0 fully saturated rings. The Morgan fingerprint density at radius 1 is 1.26 bits per heavy atom. The van der Waals surface area contributed by atoms with Crippen LogP contribution in [0, 0.1) is 5.82 Å². The summed E-state index contributed by atoms with van der Waals surface area (Å²) in [6, 6.07) is 6.05. The van der Waals surface area contributed by atoms with Gasteiger partial charge < -0.3 is 5.32 Å². The van der Waals surface area contributed by atoms with Crippen molar-refractivity contribution < 1.29 is 9.18 Å². The van der Waals surface area contributed by atoms with Gasteiger partial charge >= 0.3 is 5.69 Å². The van der Waals surface area contributed by atoms with E-state index >= 15 is 0 Å². The SMILES string of the molecule is O=C(Cc1cn2ccsc2n1)NC1CCc2nn(Cc3ccc(F)cc3)c(=O)n2CC1. The van der Waals surface area contributed by atoms with Gasteiger partial charge in [0, 0.05) is 36.8 Å². The topological polar surface area (TPSA) is 86.2 Å². The third-order valence-electron chi connectivity index (χ3n) is 5.51. The van der Waals surface area contributed by atoms with Crippen molar-refractivity contribution in [3.8, 4) is 0 Å². The first kappa shape index (κ1) is 19.7. The van der Waals surface area contributed by atoms with E-state index in [0.29, 0.717) is 25.9 Å². The van der Waals surface area contributed by atoms with Crippen molar-refractivity contribution in [1.29, 1.82) is 0 Å². The number of hydrogen-bond acceptors (Lipinski definition) is 5. The highest BCUT2D eigenvalue weighted by molar-refractivity contribution is 7.15. The van der Waals surface area contributed by atoms with Crippen molar-refractivity contribution in [1.82, 2.24) is 29.0 Å². The maximum absolute atomic E-state index is 13.1. The second-order valence-corrected chi connectivity index (χ2v) is 8.60. The lowest BCUT2D eigenvalue weighted by Gasteiger charge is -2.15. The monoisotopic (exact) mass is 440 g/mol. The average Bonchev–Trinajstić information content (AvgIpc) is 3.36.